The first-order chi connectivity index (χ1) is 14.9. The van der Waals surface area contributed by atoms with Crippen molar-refractivity contribution in [3.05, 3.63) is 59.7 Å². The lowest BCUT2D eigenvalue weighted by Crippen LogP contribution is -2.55. The molecule has 2 amide bonds. The van der Waals surface area contributed by atoms with Crippen LogP contribution in [-0.2, 0) is 9.59 Å². The minimum atomic E-state index is -0.663. The van der Waals surface area contributed by atoms with E-state index in [2.05, 4.69) is 10.6 Å². The lowest BCUT2D eigenvalue weighted by Gasteiger charge is -2.58. The summed E-state index contributed by atoms with van der Waals surface area (Å²) in [6.45, 7) is 4.05. The van der Waals surface area contributed by atoms with Crippen molar-refractivity contribution >= 4 is 23.2 Å². The molecule has 4 aliphatic rings. The van der Waals surface area contributed by atoms with Crippen LogP contribution in [0.4, 0.5) is 11.4 Å². The Labute approximate surface area is 184 Å². The molecule has 4 fully saturated rings. The van der Waals surface area contributed by atoms with Crippen LogP contribution in [-0.4, -0.2) is 11.8 Å². The second kappa shape index (κ2) is 7.81. The van der Waals surface area contributed by atoms with Gasteiger partial charge in [-0.15, -0.1) is 0 Å². The topological polar surface area (TPSA) is 58.2 Å². The van der Waals surface area contributed by atoms with Gasteiger partial charge in [0.05, 0.1) is 0 Å². The zero-order valence-corrected chi connectivity index (χ0v) is 18.5. The summed E-state index contributed by atoms with van der Waals surface area (Å²) >= 11 is 0. The highest BCUT2D eigenvalue weighted by Gasteiger charge is 2.58. The number of amides is 2. The third-order valence-corrected chi connectivity index (χ3v) is 7.86. The Morgan fingerprint density at radius 3 is 1.42 bits per heavy atom. The highest BCUT2D eigenvalue weighted by molar-refractivity contribution is 6.11. The first-order valence-corrected chi connectivity index (χ1v) is 11.7. The van der Waals surface area contributed by atoms with Gasteiger partial charge in [-0.25, -0.2) is 0 Å². The summed E-state index contributed by atoms with van der Waals surface area (Å²) < 4.78 is 0. The Kier molecular flexibility index (Phi) is 5.11. The van der Waals surface area contributed by atoms with Gasteiger partial charge in [0.2, 0.25) is 11.8 Å². The Morgan fingerprint density at radius 2 is 1.06 bits per heavy atom. The van der Waals surface area contributed by atoms with E-state index in [1.807, 2.05) is 62.4 Å². The highest BCUT2D eigenvalue weighted by atomic mass is 16.2. The predicted molar refractivity (Wildman–Crippen MR) is 124 cm³/mol. The van der Waals surface area contributed by atoms with Crippen molar-refractivity contribution in [3.8, 4) is 0 Å². The van der Waals surface area contributed by atoms with E-state index in [0.717, 1.165) is 41.8 Å². The molecule has 31 heavy (non-hydrogen) atoms. The zero-order chi connectivity index (χ0) is 21.6. The Bertz CT molecular complexity index is 883. The van der Waals surface area contributed by atoms with Crippen molar-refractivity contribution in [2.45, 2.75) is 52.4 Å². The number of carbonyl (C=O) groups excluding carboxylic acids is 2. The van der Waals surface area contributed by atoms with E-state index in [-0.39, 0.29) is 17.2 Å². The van der Waals surface area contributed by atoms with Gasteiger partial charge in [-0.3, -0.25) is 9.59 Å². The normalized spacial score (nSPS) is 28.5. The van der Waals surface area contributed by atoms with Crippen molar-refractivity contribution in [1.29, 1.82) is 0 Å². The number of hydrogen-bond donors (Lipinski definition) is 2. The van der Waals surface area contributed by atoms with Crippen LogP contribution in [0.2, 0.25) is 0 Å². The van der Waals surface area contributed by atoms with Crippen molar-refractivity contribution in [1.82, 2.24) is 0 Å². The van der Waals surface area contributed by atoms with Crippen LogP contribution >= 0.6 is 0 Å². The van der Waals surface area contributed by atoms with Crippen molar-refractivity contribution in [2.24, 2.45) is 29.1 Å². The number of anilines is 2. The molecule has 4 aliphatic carbocycles. The van der Waals surface area contributed by atoms with Gasteiger partial charge in [-0.1, -0.05) is 35.4 Å². The molecule has 0 spiro atoms. The maximum atomic E-state index is 13.6. The molecule has 4 heteroatoms. The summed E-state index contributed by atoms with van der Waals surface area (Å²) in [6, 6.07) is 15.6. The Balaban J connectivity index is 1.44. The molecular weight excluding hydrogens is 384 g/mol. The number of rotatable bonds is 5. The first kappa shape index (κ1) is 20.3. The van der Waals surface area contributed by atoms with Gasteiger partial charge in [0.15, 0.2) is 0 Å². The SMILES string of the molecule is Cc1ccc(NC(=O)C(C(=O)Nc2ccc(C)cc2)C23CC4CC(CC(C4)C2)C3)cc1. The predicted octanol–water partition coefficient (Wildman–Crippen LogP) is 5.71. The lowest BCUT2D eigenvalue weighted by atomic mass is 9.46. The summed E-state index contributed by atoms with van der Waals surface area (Å²) in [7, 11) is 0. The van der Waals surface area contributed by atoms with Gasteiger partial charge in [-0.2, -0.15) is 0 Å². The summed E-state index contributed by atoms with van der Waals surface area (Å²) in [4.78, 5) is 27.3. The van der Waals surface area contributed by atoms with Crippen LogP contribution in [0.15, 0.2) is 48.5 Å². The maximum absolute atomic E-state index is 13.6. The van der Waals surface area contributed by atoms with E-state index in [1.54, 1.807) is 0 Å². The molecule has 0 atom stereocenters. The monoisotopic (exact) mass is 416 g/mol. The van der Waals surface area contributed by atoms with Crippen LogP contribution in [0.3, 0.4) is 0 Å². The third kappa shape index (κ3) is 4.00. The van der Waals surface area contributed by atoms with Gasteiger partial charge >= 0.3 is 0 Å². The van der Waals surface area contributed by atoms with Crippen LogP contribution in [0.1, 0.15) is 49.7 Å². The second-order valence-corrected chi connectivity index (χ2v) is 10.4. The quantitative estimate of drug-likeness (QED) is 0.613. The molecule has 0 radical (unpaired) electrons. The molecule has 6 rings (SSSR count). The standard InChI is InChI=1S/C27H32N2O2/c1-17-3-7-22(8-4-17)28-25(30)24(26(31)29-23-9-5-18(2)6-10-23)27-14-19-11-20(15-27)13-21(12-19)16-27/h3-10,19-21,24H,11-16H2,1-2H3,(H,28,30)(H,29,31). The molecule has 0 aromatic heterocycles. The molecule has 2 aromatic rings. The third-order valence-electron chi connectivity index (χ3n) is 7.86. The van der Waals surface area contributed by atoms with Crippen LogP contribution in [0.25, 0.3) is 0 Å². The second-order valence-electron chi connectivity index (χ2n) is 10.4. The zero-order valence-electron chi connectivity index (χ0n) is 18.5. The molecule has 4 bridgehead atoms. The first-order valence-electron chi connectivity index (χ1n) is 11.7. The number of nitrogens with one attached hydrogen (secondary N) is 2. The maximum Gasteiger partial charge on any atom is 0.237 e. The minimum Gasteiger partial charge on any atom is -0.325 e. The number of aryl methyl sites for hydroxylation is 2. The molecule has 162 valence electrons. The van der Waals surface area contributed by atoms with Gasteiger partial charge in [0.25, 0.3) is 0 Å². The molecule has 4 nitrogen and oxygen atoms in total. The fourth-order valence-corrected chi connectivity index (χ4v) is 6.91. The largest absolute Gasteiger partial charge is 0.325 e. The van der Waals surface area contributed by atoms with E-state index in [9.17, 15) is 9.59 Å². The van der Waals surface area contributed by atoms with E-state index in [4.69, 9.17) is 0 Å². The van der Waals surface area contributed by atoms with Gasteiger partial charge in [0.1, 0.15) is 5.92 Å². The molecule has 0 saturated heterocycles. The molecule has 2 aromatic carbocycles. The summed E-state index contributed by atoms with van der Waals surface area (Å²) in [5.74, 6) is 1.05. The van der Waals surface area contributed by atoms with Crippen molar-refractivity contribution in [2.75, 3.05) is 10.6 Å². The Hall–Kier alpha value is -2.62. The molecule has 0 aliphatic heterocycles. The lowest BCUT2D eigenvalue weighted by molar-refractivity contribution is -0.147. The molecule has 0 unspecified atom stereocenters. The summed E-state index contributed by atoms with van der Waals surface area (Å²) in [6.07, 6.45) is 6.87. The van der Waals surface area contributed by atoms with Crippen molar-refractivity contribution in [3.63, 3.8) is 0 Å². The number of carbonyl (C=O) groups is 2. The van der Waals surface area contributed by atoms with Crippen molar-refractivity contribution < 1.29 is 9.59 Å². The smallest absolute Gasteiger partial charge is 0.237 e. The van der Waals surface area contributed by atoms with E-state index in [0.29, 0.717) is 17.8 Å². The van der Waals surface area contributed by atoms with E-state index >= 15 is 0 Å². The summed E-state index contributed by atoms with van der Waals surface area (Å²) in [5.41, 5.74) is 3.60. The van der Waals surface area contributed by atoms with Crippen LogP contribution in [0, 0.1) is 42.9 Å². The van der Waals surface area contributed by atoms with Gasteiger partial charge < -0.3 is 10.6 Å². The fraction of sp³-hybridized carbons (Fsp3) is 0.481. The van der Waals surface area contributed by atoms with Crippen LogP contribution < -0.4 is 10.6 Å². The van der Waals surface area contributed by atoms with Gasteiger partial charge in [0, 0.05) is 11.4 Å². The van der Waals surface area contributed by atoms with Crippen LogP contribution in [0.5, 0.6) is 0 Å². The number of hydrogen-bond acceptors (Lipinski definition) is 2. The number of benzene rings is 2. The summed E-state index contributed by atoms with van der Waals surface area (Å²) in [5, 5.41) is 6.14. The molecular formula is C27H32N2O2. The Morgan fingerprint density at radius 1 is 0.710 bits per heavy atom. The average Bonchev–Trinajstić information content (AvgIpc) is 2.70. The molecule has 4 saturated carbocycles. The molecule has 0 heterocycles. The molecule has 2 N–H and O–H groups in total. The van der Waals surface area contributed by atoms with E-state index in [1.165, 1.54) is 19.3 Å². The van der Waals surface area contributed by atoms with Gasteiger partial charge in [-0.05, 0) is 99.8 Å². The fourth-order valence-electron chi connectivity index (χ4n) is 6.91. The average molecular weight is 417 g/mol. The highest BCUT2D eigenvalue weighted by Crippen LogP contribution is 2.63. The van der Waals surface area contributed by atoms with E-state index < -0.39 is 5.92 Å². The minimum absolute atomic E-state index is 0.157.